The fourth-order valence-electron chi connectivity index (χ4n) is 1.25. The highest BCUT2D eigenvalue weighted by Crippen LogP contribution is 2.19. The summed E-state index contributed by atoms with van der Waals surface area (Å²) in [4.78, 5) is 0. The molecule has 1 aliphatic heterocycles. The molecule has 0 bridgehead atoms. The Bertz CT molecular complexity index is 101. The number of rotatable bonds is 3. The Balaban J connectivity index is 0.000000671. The Hall–Kier alpha value is 0.270. The van der Waals surface area contributed by atoms with Gasteiger partial charge in [0.2, 0.25) is 0 Å². The molecule has 3 heteroatoms. The van der Waals surface area contributed by atoms with Crippen molar-refractivity contribution in [2.45, 2.75) is 33.1 Å². The smallest absolute Gasteiger partial charge is 0.0104 e. The second kappa shape index (κ2) is 8.85. The van der Waals surface area contributed by atoms with Gasteiger partial charge >= 0.3 is 0 Å². The number of nitrogens with two attached hydrogens (primary N) is 1. The maximum atomic E-state index is 4.50. The molecule has 2 N–H and O–H groups in total. The van der Waals surface area contributed by atoms with Crippen LogP contribution < -0.4 is 5.73 Å². The first-order valence-corrected chi connectivity index (χ1v) is 6.19. The number of hydrogen-bond donors (Lipinski definition) is 1. The zero-order valence-corrected chi connectivity index (χ0v) is 10.1. The molecule has 0 amide bonds. The predicted molar refractivity (Wildman–Crippen MR) is 62.8 cm³/mol. The van der Waals surface area contributed by atoms with Gasteiger partial charge in [-0.15, -0.1) is 0 Å². The molecule has 0 aromatic heterocycles. The quantitative estimate of drug-likeness (QED) is 0.716. The zero-order chi connectivity index (χ0) is 10.1. The van der Waals surface area contributed by atoms with Crippen molar-refractivity contribution >= 4 is 11.9 Å². The van der Waals surface area contributed by atoms with Crippen molar-refractivity contribution in [2.75, 3.05) is 25.9 Å². The van der Waals surface area contributed by atoms with Crippen LogP contribution in [0.3, 0.4) is 0 Å². The molecule has 1 heterocycles. The average Bonchev–Trinajstić information content (AvgIpc) is 2.19. The number of hydrogen-bond acceptors (Lipinski definition) is 3. The van der Waals surface area contributed by atoms with Gasteiger partial charge in [0.05, 0.1) is 0 Å². The summed E-state index contributed by atoms with van der Waals surface area (Å²) in [6.45, 7) is 7.21. The van der Waals surface area contributed by atoms with Crippen LogP contribution in [0.25, 0.3) is 0 Å². The van der Waals surface area contributed by atoms with Crippen LogP contribution in [-0.4, -0.2) is 30.2 Å². The minimum atomic E-state index is 0.835. The summed E-state index contributed by atoms with van der Waals surface area (Å²) in [6, 6.07) is 0. The molecule has 1 aliphatic rings. The molecule has 0 radical (unpaired) electrons. The van der Waals surface area contributed by atoms with Crippen molar-refractivity contribution in [3.63, 3.8) is 0 Å². The van der Waals surface area contributed by atoms with Gasteiger partial charge in [-0.2, -0.15) is 0 Å². The van der Waals surface area contributed by atoms with Gasteiger partial charge in [0.1, 0.15) is 0 Å². The minimum absolute atomic E-state index is 0.835. The zero-order valence-electron chi connectivity index (χ0n) is 9.25. The van der Waals surface area contributed by atoms with Crippen LogP contribution in [0.15, 0.2) is 0 Å². The summed E-state index contributed by atoms with van der Waals surface area (Å²) >= 11 is 2.04. The van der Waals surface area contributed by atoms with E-state index in [9.17, 15) is 0 Å². The van der Waals surface area contributed by atoms with Crippen LogP contribution in [0.4, 0.5) is 0 Å². The van der Waals surface area contributed by atoms with Crippen molar-refractivity contribution in [1.82, 2.24) is 4.31 Å². The third-order valence-electron chi connectivity index (χ3n) is 1.91. The Kier molecular flexibility index (Phi) is 9.03. The molecular weight excluding hydrogens is 180 g/mol. The number of piperidine rings is 1. The first kappa shape index (κ1) is 13.3. The van der Waals surface area contributed by atoms with Crippen LogP contribution in [-0.2, 0) is 0 Å². The average molecular weight is 204 g/mol. The van der Waals surface area contributed by atoms with E-state index >= 15 is 0 Å². The third-order valence-corrected chi connectivity index (χ3v) is 3.45. The maximum Gasteiger partial charge on any atom is 0.0104 e. The van der Waals surface area contributed by atoms with Gasteiger partial charge in [-0.25, -0.2) is 0 Å². The molecule has 2 nitrogen and oxygen atoms in total. The SMILES string of the molecule is CC(C)CSN1CCCCC1.CN. The molecule has 0 saturated carbocycles. The molecule has 0 aliphatic carbocycles. The van der Waals surface area contributed by atoms with Gasteiger partial charge in [0.25, 0.3) is 0 Å². The van der Waals surface area contributed by atoms with E-state index < -0.39 is 0 Å². The van der Waals surface area contributed by atoms with Crippen molar-refractivity contribution < 1.29 is 0 Å². The van der Waals surface area contributed by atoms with Crippen LogP contribution >= 0.6 is 11.9 Å². The molecule has 13 heavy (non-hydrogen) atoms. The lowest BCUT2D eigenvalue weighted by Gasteiger charge is -2.25. The fraction of sp³-hybridized carbons (Fsp3) is 1.00. The first-order chi connectivity index (χ1) is 6.29. The molecule has 0 aromatic rings. The molecule has 0 aromatic carbocycles. The van der Waals surface area contributed by atoms with Gasteiger partial charge in [-0.1, -0.05) is 32.2 Å². The largest absolute Gasteiger partial charge is 0.333 e. The van der Waals surface area contributed by atoms with Crippen molar-refractivity contribution in [1.29, 1.82) is 0 Å². The topological polar surface area (TPSA) is 29.3 Å². The minimum Gasteiger partial charge on any atom is -0.333 e. The van der Waals surface area contributed by atoms with Crippen molar-refractivity contribution in [2.24, 2.45) is 11.7 Å². The summed E-state index contributed by atoms with van der Waals surface area (Å²) in [5, 5.41) is 0. The Labute approximate surface area is 87.4 Å². The normalized spacial score (nSPS) is 18.2. The van der Waals surface area contributed by atoms with Crippen LogP contribution in [0.5, 0.6) is 0 Å². The highest BCUT2D eigenvalue weighted by Gasteiger charge is 2.10. The molecule has 1 rings (SSSR count). The van der Waals surface area contributed by atoms with E-state index in [4.69, 9.17) is 0 Å². The lowest BCUT2D eigenvalue weighted by atomic mass is 10.2. The van der Waals surface area contributed by atoms with Gasteiger partial charge in [-0.05, 0) is 25.8 Å². The second-order valence-electron chi connectivity index (χ2n) is 3.68. The molecule has 0 spiro atoms. The summed E-state index contributed by atoms with van der Waals surface area (Å²) in [6.07, 6.45) is 4.26. The number of nitrogens with zero attached hydrogens (tertiary/aromatic N) is 1. The van der Waals surface area contributed by atoms with Crippen LogP contribution in [0.2, 0.25) is 0 Å². The molecular formula is C10H24N2S. The van der Waals surface area contributed by atoms with Gasteiger partial charge < -0.3 is 5.73 Å². The Morgan fingerprint density at radius 1 is 1.15 bits per heavy atom. The van der Waals surface area contributed by atoms with E-state index in [-0.39, 0.29) is 0 Å². The molecule has 1 saturated heterocycles. The second-order valence-corrected chi connectivity index (χ2v) is 4.79. The lowest BCUT2D eigenvalue weighted by Crippen LogP contribution is -2.23. The molecule has 0 atom stereocenters. The van der Waals surface area contributed by atoms with Crippen LogP contribution in [0.1, 0.15) is 33.1 Å². The van der Waals surface area contributed by atoms with Crippen LogP contribution in [0, 0.1) is 5.92 Å². The summed E-state index contributed by atoms with van der Waals surface area (Å²) < 4.78 is 2.53. The van der Waals surface area contributed by atoms with E-state index in [2.05, 4.69) is 23.9 Å². The van der Waals surface area contributed by atoms with E-state index in [0.29, 0.717) is 0 Å². The van der Waals surface area contributed by atoms with E-state index in [1.54, 1.807) is 0 Å². The van der Waals surface area contributed by atoms with Crippen molar-refractivity contribution in [3.05, 3.63) is 0 Å². The van der Waals surface area contributed by atoms with Crippen molar-refractivity contribution in [3.8, 4) is 0 Å². The van der Waals surface area contributed by atoms with Gasteiger partial charge in [-0.3, -0.25) is 4.31 Å². The van der Waals surface area contributed by atoms with E-state index in [1.807, 2.05) is 11.9 Å². The Morgan fingerprint density at radius 3 is 2.15 bits per heavy atom. The summed E-state index contributed by atoms with van der Waals surface area (Å²) in [5.74, 6) is 2.13. The lowest BCUT2D eigenvalue weighted by molar-refractivity contribution is 0.379. The Morgan fingerprint density at radius 2 is 1.69 bits per heavy atom. The predicted octanol–water partition coefficient (Wildman–Crippen LogP) is 2.35. The monoisotopic (exact) mass is 204 g/mol. The maximum absolute atomic E-state index is 4.50. The third kappa shape index (κ3) is 7.35. The first-order valence-electron chi connectivity index (χ1n) is 5.24. The fourth-order valence-corrected chi connectivity index (χ4v) is 2.27. The summed E-state index contributed by atoms with van der Waals surface area (Å²) in [5.41, 5.74) is 4.50. The molecule has 1 fully saturated rings. The standard InChI is InChI=1S/C9H19NS.CH5N/c1-9(2)8-11-10-6-4-3-5-7-10;1-2/h9H,3-8H2,1-2H3;2H2,1H3. The highest BCUT2D eigenvalue weighted by atomic mass is 32.2. The van der Waals surface area contributed by atoms with Gasteiger partial charge in [0, 0.05) is 18.8 Å². The molecule has 0 unspecified atom stereocenters. The highest BCUT2D eigenvalue weighted by molar-refractivity contribution is 7.97. The van der Waals surface area contributed by atoms with Gasteiger partial charge in [0.15, 0.2) is 0 Å². The van der Waals surface area contributed by atoms with E-state index in [0.717, 1.165) is 5.92 Å². The summed E-state index contributed by atoms with van der Waals surface area (Å²) in [7, 11) is 1.50. The molecule has 80 valence electrons. The van der Waals surface area contributed by atoms with E-state index in [1.165, 1.54) is 45.2 Å².